The van der Waals surface area contributed by atoms with Gasteiger partial charge in [-0.25, -0.2) is 0 Å². The van der Waals surface area contributed by atoms with E-state index in [4.69, 9.17) is 0 Å². The molecule has 0 saturated carbocycles. The molecule has 0 spiro atoms. The average Bonchev–Trinajstić information content (AvgIpc) is 2.94. The molecule has 0 aliphatic rings. The van der Waals surface area contributed by atoms with Crippen molar-refractivity contribution in [2.75, 3.05) is 46.2 Å². The first kappa shape index (κ1) is 63.0. The Balaban J connectivity index is -0.0000000635. The lowest BCUT2D eigenvalue weighted by Crippen LogP contribution is -1.95. The van der Waals surface area contributed by atoms with Crippen molar-refractivity contribution in [1.82, 2.24) is 0 Å². The monoisotopic (exact) mass is 702 g/mol. The first-order chi connectivity index (χ1) is 22.3. The Labute approximate surface area is 291 Å². The van der Waals surface area contributed by atoms with Crippen LogP contribution >= 0.6 is 0 Å². The van der Waals surface area contributed by atoms with Crippen molar-refractivity contribution < 1.29 is 66.7 Å². The minimum atomic E-state index is -0.211. The van der Waals surface area contributed by atoms with Crippen molar-refractivity contribution in [2.45, 2.75) is 136 Å². The van der Waals surface area contributed by atoms with Crippen LogP contribution < -0.4 is 0 Å². The van der Waals surface area contributed by atoms with Gasteiger partial charge >= 0.3 is 41.8 Å². The summed E-state index contributed by atoms with van der Waals surface area (Å²) in [6.45, 7) is 30.0. The van der Waals surface area contributed by atoms with Gasteiger partial charge in [-0.15, -0.1) is 0 Å². The van der Waals surface area contributed by atoms with Gasteiger partial charge in [-0.1, -0.05) is 39.5 Å². The van der Waals surface area contributed by atoms with Crippen LogP contribution in [0.1, 0.15) is 136 Å². The summed E-state index contributed by atoms with van der Waals surface area (Å²) in [4.78, 5) is 68.8. The zero-order valence-electron chi connectivity index (χ0n) is 33.0. The van der Waals surface area contributed by atoms with E-state index in [2.05, 4.69) is 47.0 Å². The van der Waals surface area contributed by atoms with Crippen molar-refractivity contribution in [1.29, 1.82) is 0 Å². The average molecular weight is 703 g/mol. The fourth-order valence-corrected chi connectivity index (χ4v) is 1.92. The maximum absolute atomic E-state index is 9.82. The second kappa shape index (κ2) is 62.2. The van der Waals surface area contributed by atoms with Gasteiger partial charge in [-0.2, -0.15) is 0 Å². The Kier molecular flexibility index (Phi) is 81.6. The number of hydrogen-bond donors (Lipinski definition) is 0. The predicted molar refractivity (Wildman–Crippen MR) is 186 cm³/mol. The van der Waals surface area contributed by atoms with Gasteiger partial charge in [-0.05, 0) is 48.5 Å². The third-order valence-corrected chi connectivity index (χ3v) is 3.39. The van der Waals surface area contributed by atoms with Crippen LogP contribution in [0.25, 0.3) is 0 Å². The van der Waals surface area contributed by atoms with E-state index < -0.39 is 0 Å². The molecule has 0 amide bonds. The summed E-state index contributed by atoms with van der Waals surface area (Å²) in [5.41, 5.74) is 0. The van der Waals surface area contributed by atoms with E-state index in [1.54, 1.807) is 48.5 Å². The SMILES string of the molecule is CCCCCC.CCOC(C)=O.CCOC(C)=O.CCOC(C)=O.CCOC(C)=O.CCOC(C)=O.CCOC(C)=O.CCOC(C)=O. The van der Waals surface area contributed by atoms with E-state index >= 15 is 0 Å². The summed E-state index contributed by atoms with van der Waals surface area (Å²) >= 11 is 0. The molecule has 0 unspecified atom stereocenters. The highest BCUT2D eigenvalue weighted by Crippen LogP contribution is 1.95. The number of esters is 7. The second-order valence-electron chi connectivity index (χ2n) is 8.18. The summed E-state index contributed by atoms with van der Waals surface area (Å²) < 4.78 is 30.8. The molecule has 290 valence electrons. The van der Waals surface area contributed by atoms with E-state index in [1.807, 2.05) is 0 Å². The summed E-state index contributed by atoms with van der Waals surface area (Å²) in [6, 6.07) is 0. The van der Waals surface area contributed by atoms with Crippen molar-refractivity contribution in [3.8, 4) is 0 Å². The fourth-order valence-electron chi connectivity index (χ4n) is 1.92. The Morgan fingerprint density at radius 2 is 0.375 bits per heavy atom. The molecule has 0 fully saturated rings. The summed E-state index contributed by atoms with van der Waals surface area (Å²) in [6.07, 6.45) is 5.54. The molecule has 0 aromatic heterocycles. The fraction of sp³-hybridized carbons (Fsp3) is 0.794. The first-order valence-corrected chi connectivity index (χ1v) is 16.2. The van der Waals surface area contributed by atoms with E-state index in [1.165, 1.54) is 74.1 Å². The topological polar surface area (TPSA) is 184 Å². The zero-order chi connectivity index (χ0) is 39.8. The molecule has 48 heavy (non-hydrogen) atoms. The Morgan fingerprint density at radius 3 is 0.396 bits per heavy atom. The molecule has 0 bridgehead atoms. The highest BCUT2D eigenvalue weighted by Gasteiger charge is 1.85. The van der Waals surface area contributed by atoms with Crippen LogP contribution in [0.2, 0.25) is 0 Å². The molecule has 0 aliphatic heterocycles. The normalized spacial score (nSPS) is 7.83. The Hall–Kier alpha value is -3.71. The highest BCUT2D eigenvalue weighted by atomic mass is 16.6. The lowest BCUT2D eigenvalue weighted by Gasteiger charge is -1.89. The molecular formula is C34H70O14. The molecule has 0 atom stereocenters. The summed E-state index contributed by atoms with van der Waals surface area (Å²) in [7, 11) is 0. The minimum Gasteiger partial charge on any atom is -0.466 e. The number of ether oxygens (including phenoxy) is 7. The number of carbonyl (C=O) groups is 7. The van der Waals surface area contributed by atoms with Crippen LogP contribution in [0.4, 0.5) is 0 Å². The van der Waals surface area contributed by atoms with Gasteiger partial charge in [-0.3, -0.25) is 33.6 Å². The zero-order valence-corrected chi connectivity index (χ0v) is 33.0. The third kappa shape index (κ3) is 175. The minimum absolute atomic E-state index is 0.211. The van der Waals surface area contributed by atoms with Gasteiger partial charge in [0.15, 0.2) is 0 Å². The van der Waals surface area contributed by atoms with Crippen LogP contribution in [0.15, 0.2) is 0 Å². The first-order valence-electron chi connectivity index (χ1n) is 16.2. The van der Waals surface area contributed by atoms with Crippen LogP contribution in [0.5, 0.6) is 0 Å². The Bertz CT molecular complexity index is 561. The molecule has 0 aromatic carbocycles. The largest absolute Gasteiger partial charge is 0.466 e. The molecule has 0 heterocycles. The van der Waals surface area contributed by atoms with E-state index in [0.717, 1.165) is 0 Å². The van der Waals surface area contributed by atoms with Crippen molar-refractivity contribution >= 4 is 41.8 Å². The number of carbonyl (C=O) groups excluding carboxylic acids is 7. The van der Waals surface area contributed by atoms with Crippen molar-refractivity contribution in [3.63, 3.8) is 0 Å². The van der Waals surface area contributed by atoms with Crippen molar-refractivity contribution in [2.24, 2.45) is 0 Å². The maximum Gasteiger partial charge on any atom is 0.302 e. The van der Waals surface area contributed by atoms with Crippen LogP contribution in [0, 0.1) is 0 Å². The van der Waals surface area contributed by atoms with Crippen LogP contribution in [-0.4, -0.2) is 88.0 Å². The van der Waals surface area contributed by atoms with Gasteiger partial charge in [0, 0.05) is 48.5 Å². The van der Waals surface area contributed by atoms with E-state index in [-0.39, 0.29) is 41.8 Å². The van der Waals surface area contributed by atoms with E-state index in [9.17, 15) is 33.6 Å². The molecular weight excluding hydrogens is 632 g/mol. The third-order valence-electron chi connectivity index (χ3n) is 3.39. The summed E-state index contributed by atoms with van der Waals surface area (Å²) in [5.74, 6) is -1.47. The quantitative estimate of drug-likeness (QED) is 0.135. The number of rotatable bonds is 10. The van der Waals surface area contributed by atoms with Crippen LogP contribution in [-0.2, 0) is 66.7 Å². The maximum atomic E-state index is 9.82. The van der Waals surface area contributed by atoms with Crippen LogP contribution in [0.3, 0.4) is 0 Å². The number of unbranched alkanes of at least 4 members (excludes halogenated alkanes) is 3. The van der Waals surface area contributed by atoms with Gasteiger partial charge in [0.25, 0.3) is 0 Å². The van der Waals surface area contributed by atoms with Gasteiger partial charge in [0.2, 0.25) is 0 Å². The molecule has 0 radical (unpaired) electrons. The summed E-state index contributed by atoms with van der Waals surface area (Å²) in [5, 5.41) is 0. The Morgan fingerprint density at radius 1 is 0.271 bits per heavy atom. The molecule has 14 heteroatoms. The highest BCUT2D eigenvalue weighted by molar-refractivity contribution is 5.67. The van der Waals surface area contributed by atoms with Crippen molar-refractivity contribution in [3.05, 3.63) is 0 Å². The van der Waals surface area contributed by atoms with Gasteiger partial charge in [0.05, 0.1) is 46.2 Å². The smallest absolute Gasteiger partial charge is 0.302 e. The van der Waals surface area contributed by atoms with Gasteiger partial charge in [0.1, 0.15) is 0 Å². The lowest BCUT2D eigenvalue weighted by molar-refractivity contribution is -0.141. The second-order valence-corrected chi connectivity index (χ2v) is 8.18. The number of hydrogen-bond acceptors (Lipinski definition) is 14. The molecule has 0 aliphatic carbocycles. The molecule has 0 N–H and O–H groups in total. The van der Waals surface area contributed by atoms with E-state index in [0.29, 0.717) is 46.2 Å². The molecule has 0 aromatic rings. The standard InChI is InChI=1S/C6H14.7C4H8O2/c1-3-5-6-4-2;7*1-3-6-4(2)5/h3-6H2,1-2H3;7*3H2,1-2H3. The molecule has 0 rings (SSSR count). The molecule has 0 saturated heterocycles. The molecule has 14 nitrogen and oxygen atoms in total. The van der Waals surface area contributed by atoms with Gasteiger partial charge < -0.3 is 33.2 Å². The lowest BCUT2D eigenvalue weighted by atomic mass is 10.2. The predicted octanol–water partition coefficient (Wildman–Crippen LogP) is 6.57.